The molecule has 0 amide bonds. The van der Waals surface area contributed by atoms with Gasteiger partial charge in [0.25, 0.3) is 0 Å². The fraction of sp³-hybridized carbons (Fsp3) is 0.0588. The largest absolute Gasteiger partial charge is 0.418 e. The van der Waals surface area contributed by atoms with Crippen LogP contribution in [-0.4, -0.2) is 20.2 Å². The Bertz CT molecular complexity index is 1030. The number of aromatic nitrogens is 4. The Kier molecular flexibility index (Phi) is 3.34. The maximum Gasteiger partial charge on any atom is 0.418 e. The van der Waals surface area contributed by atoms with Crippen LogP contribution in [0.1, 0.15) is 5.56 Å². The van der Waals surface area contributed by atoms with E-state index in [1.807, 2.05) is 0 Å². The van der Waals surface area contributed by atoms with Gasteiger partial charge in [-0.15, -0.1) is 0 Å². The SMILES string of the molecule is Fc1ccc(-c2cc3cc(C(F)(F)F)c(-c4cn[nH]c4)nc3[nH]2)cc1. The van der Waals surface area contributed by atoms with E-state index in [9.17, 15) is 17.6 Å². The van der Waals surface area contributed by atoms with Crippen molar-refractivity contribution in [2.24, 2.45) is 0 Å². The average Bonchev–Trinajstić information content (AvgIpc) is 3.22. The minimum atomic E-state index is -4.55. The van der Waals surface area contributed by atoms with Crippen molar-refractivity contribution in [3.05, 3.63) is 60.2 Å². The van der Waals surface area contributed by atoms with E-state index in [1.54, 1.807) is 18.2 Å². The van der Waals surface area contributed by atoms with Crippen LogP contribution in [0.25, 0.3) is 33.5 Å². The van der Waals surface area contributed by atoms with Gasteiger partial charge >= 0.3 is 6.18 Å². The monoisotopic (exact) mass is 346 g/mol. The molecule has 0 spiro atoms. The van der Waals surface area contributed by atoms with Gasteiger partial charge in [0.1, 0.15) is 11.5 Å². The molecule has 0 saturated carbocycles. The van der Waals surface area contributed by atoms with Crippen molar-refractivity contribution in [1.29, 1.82) is 0 Å². The minimum Gasteiger partial charge on any atom is -0.339 e. The number of hydrogen-bond acceptors (Lipinski definition) is 2. The molecule has 0 atom stereocenters. The van der Waals surface area contributed by atoms with E-state index in [2.05, 4.69) is 20.2 Å². The van der Waals surface area contributed by atoms with Crippen LogP contribution in [0.5, 0.6) is 0 Å². The summed E-state index contributed by atoms with van der Waals surface area (Å²) in [4.78, 5) is 7.12. The smallest absolute Gasteiger partial charge is 0.339 e. The molecule has 0 aliphatic carbocycles. The normalized spacial score (nSPS) is 12.0. The first kappa shape index (κ1) is 15.4. The van der Waals surface area contributed by atoms with Crippen LogP contribution < -0.4 is 0 Å². The second-order valence-electron chi connectivity index (χ2n) is 5.50. The predicted octanol–water partition coefficient (Wildman–Crippen LogP) is 4.78. The van der Waals surface area contributed by atoms with Crippen molar-refractivity contribution in [2.45, 2.75) is 6.18 Å². The molecular weight excluding hydrogens is 336 g/mol. The molecule has 0 bridgehead atoms. The number of H-pyrrole nitrogens is 2. The highest BCUT2D eigenvalue weighted by Crippen LogP contribution is 2.38. The van der Waals surface area contributed by atoms with Crippen molar-refractivity contribution in [2.75, 3.05) is 0 Å². The summed E-state index contributed by atoms with van der Waals surface area (Å²) in [6, 6.07) is 8.26. The highest BCUT2D eigenvalue weighted by atomic mass is 19.4. The fourth-order valence-corrected chi connectivity index (χ4v) is 2.66. The Balaban J connectivity index is 1.92. The first-order valence-electron chi connectivity index (χ1n) is 7.28. The van der Waals surface area contributed by atoms with E-state index < -0.39 is 11.7 Å². The van der Waals surface area contributed by atoms with Crippen LogP contribution in [0.2, 0.25) is 0 Å². The van der Waals surface area contributed by atoms with Gasteiger partial charge in [-0.2, -0.15) is 18.3 Å². The molecule has 126 valence electrons. The highest BCUT2D eigenvalue weighted by molar-refractivity contribution is 5.86. The summed E-state index contributed by atoms with van der Waals surface area (Å²) in [5.74, 6) is -0.389. The first-order chi connectivity index (χ1) is 11.9. The first-order valence-corrected chi connectivity index (χ1v) is 7.28. The third kappa shape index (κ3) is 2.75. The molecule has 8 heteroatoms. The van der Waals surface area contributed by atoms with Crippen molar-refractivity contribution in [3.8, 4) is 22.5 Å². The van der Waals surface area contributed by atoms with Gasteiger partial charge in [0.15, 0.2) is 0 Å². The predicted molar refractivity (Wildman–Crippen MR) is 84.1 cm³/mol. The number of pyridine rings is 1. The zero-order valence-corrected chi connectivity index (χ0v) is 12.5. The summed E-state index contributed by atoms with van der Waals surface area (Å²) in [5, 5.41) is 6.49. The van der Waals surface area contributed by atoms with Gasteiger partial charge in [-0.05, 0) is 42.0 Å². The number of nitrogens with zero attached hydrogens (tertiary/aromatic N) is 2. The lowest BCUT2D eigenvalue weighted by Crippen LogP contribution is -2.08. The molecule has 4 aromatic rings. The van der Waals surface area contributed by atoms with Crippen LogP contribution in [0.15, 0.2) is 48.8 Å². The third-order valence-corrected chi connectivity index (χ3v) is 3.84. The molecule has 0 aliphatic rings. The maximum absolute atomic E-state index is 13.4. The molecule has 0 radical (unpaired) electrons. The molecule has 2 N–H and O–H groups in total. The van der Waals surface area contributed by atoms with Crippen LogP contribution in [0.4, 0.5) is 17.6 Å². The Morgan fingerprint density at radius 2 is 1.72 bits per heavy atom. The van der Waals surface area contributed by atoms with Gasteiger partial charge in [-0.25, -0.2) is 9.37 Å². The maximum atomic E-state index is 13.4. The number of hydrogen-bond donors (Lipinski definition) is 2. The second-order valence-corrected chi connectivity index (χ2v) is 5.50. The molecule has 4 rings (SSSR count). The Morgan fingerprint density at radius 3 is 2.36 bits per heavy atom. The lowest BCUT2D eigenvalue weighted by molar-refractivity contribution is -0.137. The molecule has 25 heavy (non-hydrogen) atoms. The molecule has 1 aromatic carbocycles. The number of fused-ring (bicyclic) bond motifs is 1. The number of alkyl halides is 3. The summed E-state index contributed by atoms with van der Waals surface area (Å²) >= 11 is 0. The Hall–Kier alpha value is -3.16. The molecule has 3 heterocycles. The van der Waals surface area contributed by atoms with E-state index in [0.717, 1.165) is 6.07 Å². The van der Waals surface area contributed by atoms with Gasteiger partial charge in [-0.1, -0.05) is 0 Å². The summed E-state index contributed by atoms with van der Waals surface area (Å²) in [6.45, 7) is 0. The van der Waals surface area contributed by atoms with Gasteiger partial charge in [0.2, 0.25) is 0 Å². The number of aromatic amines is 2. The molecular formula is C17H10F4N4. The molecule has 0 unspecified atom stereocenters. The average molecular weight is 346 g/mol. The van der Waals surface area contributed by atoms with Gasteiger partial charge < -0.3 is 4.98 Å². The van der Waals surface area contributed by atoms with E-state index in [-0.39, 0.29) is 17.1 Å². The lowest BCUT2D eigenvalue weighted by Gasteiger charge is -2.11. The lowest BCUT2D eigenvalue weighted by atomic mass is 10.1. The van der Waals surface area contributed by atoms with Crippen molar-refractivity contribution in [1.82, 2.24) is 20.2 Å². The van der Waals surface area contributed by atoms with Gasteiger partial charge in [-0.3, -0.25) is 5.10 Å². The van der Waals surface area contributed by atoms with Crippen LogP contribution in [0, 0.1) is 5.82 Å². The fourth-order valence-electron chi connectivity index (χ4n) is 2.66. The standard InChI is InChI=1S/C17H10F4N4/c18-12-3-1-9(2-4-12)14-6-10-5-13(17(19,20)21)15(25-16(10)24-14)11-7-22-23-8-11/h1-8H,(H,22,23)(H,24,25). The van der Waals surface area contributed by atoms with Crippen LogP contribution in [0.3, 0.4) is 0 Å². The summed E-state index contributed by atoms with van der Waals surface area (Å²) in [5.41, 5.74) is 0.709. The zero-order valence-electron chi connectivity index (χ0n) is 12.5. The van der Waals surface area contributed by atoms with Crippen molar-refractivity contribution >= 4 is 11.0 Å². The van der Waals surface area contributed by atoms with Crippen LogP contribution in [-0.2, 0) is 6.18 Å². The Labute approximate surface area is 138 Å². The molecule has 0 saturated heterocycles. The van der Waals surface area contributed by atoms with E-state index >= 15 is 0 Å². The molecule has 3 aromatic heterocycles. The van der Waals surface area contributed by atoms with E-state index in [4.69, 9.17) is 0 Å². The number of benzene rings is 1. The summed E-state index contributed by atoms with van der Waals surface area (Å²) in [7, 11) is 0. The quantitative estimate of drug-likeness (QED) is 0.513. The summed E-state index contributed by atoms with van der Waals surface area (Å²) in [6.07, 6.45) is -1.92. The minimum absolute atomic E-state index is 0.207. The second kappa shape index (κ2) is 5.44. The summed E-state index contributed by atoms with van der Waals surface area (Å²) < 4.78 is 53.3. The van der Waals surface area contributed by atoms with Crippen LogP contribution >= 0.6 is 0 Å². The zero-order chi connectivity index (χ0) is 17.6. The topological polar surface area (TPSA) is 57.4 Å². The van der Waals surface area contributed by atoms with Crippen molar-refractivity contribution < 1.29 is 17.6 Å². The molecule has 0 fully saturated rings. The van der Waals surface area contributed by atoms with Gasteiger partial charge in [0, 0.05) is 22.8 Å². The number of rotatable bonds is 2. The van der Waals surface area contributed by atoms with E-state index in [0.29, 0.717) is 22.3 Å². The third-order valence-electron chi connectivity index (χ3n) is 3.84. The molecule has 0 aliphatic heterocycles. The molecule has 4 nitrogen and oxygen atoms in total. The highest BCUT2D eigenvalue weighted by Gasteiger charge is 2.35. The number of nitrogens with one attached hydrogen (secondary N) is 2. The number of halogens is 4. The Morgan fingerprint density at radius 1 is 0.960 bits per heavy atom. The van der Waals surface area contributed by atoms with E-state index in [1.165, 1.54) is 24.5 Å². The van der Waals surface area contributed by atoms with Crippen molar-refractivity contribution in [3.63, 3.8) is 0 Å². The van der Waals surface area contributed by atoms with Gasteiger partial charge in [0.05, 0.1) is 17.5 Å².